The number of nitrogens with zero attached hydrogens (tertiary/aromatic N) is 2. The first-order valence-corrected chi connectivity index (χ1v) is 9.41. The Bertz CT molecular complexity index is 1170. The van der Waals surface area contributed by atoms with Gasteiger partial charge in [-0.2, -0.15) is 0 Å². The van der Waals surface area contributed by atoms with E-state index in [1.54, 1.807) is 29.1 Å². The molecule has 7 heteroatoms. The molecule has 2 aromatic heterocycles. The molecule has 0 aliphatic rings. The fraction of sp³-hybridized carbons (Fsp3) is 0.0455. The highest BCUT2D eigenvalue weighted by molar-refractivity contribution is 7.71. The van der Waals surface area contributed by atoms with Crippen molar-refractivity contribution in [1.29, 1.82) is 0 Å². The molecule has 2 N–H and O–H groups in total. The highest BCUT2D eigenvalue weighted by Crippen LogP contribution is 2.20. The molecule has 0 unspecified atom stereocenters. The standard InChI is InChI=1S/C22H18N4O2S/c27-21(20-14-24-22(29)26(20)18-9-2-1-3-10-18)25-16-8-6-11-19(13-16)28-15-17-7-4-5-12-23-17/h1-14H,15H2,(H,24,29)(H,25,27). The van der Waals surface area contributed by atoms with Crippen molar-refractivity contribution in [2.45, 2.75) is 6.61 Å². The topological polar surface area (TPSA) is 71.9 Å². The third-order valence-corrected chi connectivity index (χ3v) is 4.53. The lowest BCUT2D eigenvalue weighted by Crippen LogP contribution is -2.16. The summed E-state index contributed by atoms with van der Waals surface area (Å²) in [5.74, 6) is 0.366. The van der Waals surface area contributed by atoms with Gasteiger partial charge in [-0.3, -0.25) is 14.3 Å². The third kappa shape index (κ3) is 4.41. The molecule has 0 fully saturated rings. The number of nitrogens with one attached hydrogen (secondary N) is 2. The Labute approximate surface area is 172 Å². The van der Waals surface area contributed by atoms with Gasteiger partial charge in [-0.25, -0.2) is 0 Å². The van der Waals surface area contributed by atoms with E-state index in [4.69, 9.17) is 17.0 Å². The molecule has 0 bridgehead atoms. The normalized spacial score (nSPS) is 10.5. The minimum absolute atomic E-state index is 0.275. The van der Waals surface area contributed by atoms with Crippen LogP contribution in [0.1, 0.15) is 16.2 Å². The quantitative estimate of drug-likeness (QED) is 0.456. The van der Waals surface area contributed by atoms with E-state index in [1.807, 2.05) is 60.7 Å². The van der Waals surface area contributed by atoms with E-state index < -0.39 is 0 Å². The number of benzene rings is 2. The second-order valence-electron chi connectivity index (χ2n) is 6.24. The molecule has 0 saturated heterocycles. The van der Waals surface area contributed by atoms with Gasteiger partial charge < -0.3 is 15.0 Å². The summed E-state index contributed by atoms with van der Waals surface area (Å²) in [5.41, 5.74) is 2.69. The summed E-state index contributed by atoms with van der Waals surface area (Å²) in [6.07, 6.45) is 3.33. The van der Waals surface area contributed by atoms with Gasteiger partial charge >= 0.3 is 0 Å². The first-order chi connectivity index (χ1) is 14.2. The SMILES string of the molecule is O=C(Nc1cccc(OCc2ccccn2)c1)c1c[nH]c(=S)n1-c1ccccc1. The average molecular weight is 402 g/mol. The Morgan fingerprint density at radius 2 is 1.90 bits per heavy atom. The Morgan fingerprint density at radius 1 is 1.07 bits per heavy atom. The summed E-state index contributed by atoms with van der Waals surface area (Å²) in [6.45, 7) is 0.351. The summed E-state index contributed by atoms with van der Waals surface area (Å²) in [7, 11) is 0. The van der Waals surface area contributed by atoms with Crippen LogP contribution in [0.5, 0.6) is 5.75 Å². The smallest absolute Gasteiger partial charge is 0.274 e. The van der Waals surface area contributed by atoms with Gasteiger partial charge in [0.25, 0.3) is 5.91 Å². The molecular weight excluding hydrogens is 384 g/mol. The van der Waals surface area contributed by atoms with E-state index in [-0.39, 0.29) is 5.91 Å². The van der Waals surface area contributed by atoms with Gasteiger partial charge in [-0.1, -0.05) is 30.3 Å². The minimum atomic E-state index is -0.275. The summed E-state index contributed by atoms with van der Waals surface area (Å²) in [5, 5.41) is 2.90. The number of aromatic amines is 1. The molecule has 0 saturated carbocycles. The van der Waals surface area contributed by atoms with Crippen molar-refractivity contribution in [3.05, 3.63) is 101 Å². The van der Waals surface area contributed by atoms with Crippen LogP contribution in [0.2, 0.25) is 0 Å². The number of rotatable bonds is 6. The Balaban J connectivity index is 1.50. The monoisotopic (exact) mass is 402 g/mol. The van der Waals surface area contributed by atoms with Crippen molar-refractivity contribution in [2.24, 2.45) is 0 Å². The summed E-state index contributed by atoms with van der Waals surface area (Å²) >= 11 is 5.34. The molecule has 4 rings (SSSR count). The Hall–Kier alpha value is -3.71. The van der Waals surface area contributed by atoms with Crippen molar-refractivity contribution in [3.8, 4) is 11.4 Å². The molecule has 4 aromatic rings. The van der Waals surface area contributed by atoms with Gasteiger partial charge in [0.05, 0.1) is 5.69 Å². The van der Waals surface area contributed by atoms with Crippen molar-refractivity contribution in [2.75, 3.05) is 5.32 Å². The van der Waals surface area contributed by atoms with Gasteiger partial charge in [0, 0.05) is 29.8 Å². The summed E-state index contributed by atoms with van der Waals surface area (Å²) in [6, 6.07) is 22.4. The fourth-order valence-electron chi connectivity index (χ4n) is 2.87. The van der Waals surface area contributed by atoms with E-state index >= 15 is 0 Å². The van der Waals surface area contributed by atoms with Crippen molar-refractivity contribution in [1.82, 2.24) is 14.5 Å². The zero-order chi connectivity index (χ0) is 20.1. The molecule has 29 heavy (non-hydrogen) atoms. The zero-order valence-electron chi connectivity index (χ0n) is 15.4. The molecule has 1 amide bonds. The average Bonchev–Trinajstić information content (AvgIpc) is 3.15. The first kappa shape index (κ1) is 18.6. The number of aromatic nitrogens is 3. The van der Waals surface area contributed by atoms with E-state index in [9.17, 15) is 4.79 Å². The van der Waals surface area contributed by atoms with Crippen LogP contribution in [0.3, 0.4) is 0 Å². The lowest BCUT2D eigenvalue weighted by atomic mass is 10.2. The Morgan fingerprint density at radius 3 is 2.69 bits per heavy atom. The maximum absolute atomic E-state index is 12.9. The van der Waals surface area contributed by atoms with Gasteiger partial charge in [0.15, 0.2) is 4.77 Å². The predicted molar refractivity (Wildman–Crippen MR) is 114 cm³/mol. The number of carbonyl (C=O) groups excluding carboxylic acids is 1. The summed E-state index contributed by atoms with van der Waals surface area (Å²) in [4.78, 5) is 20.0. The number of H-pyrrole nitrogens is 1. The molecule has 0 radical (unpaired) electrons. The number of pyridine rings is 1. The number of carbonyl (C=O) groups is 1. The van der Waals surface area contributed by atoms with Crippen LogP contribution in [0.25, 0.3) is 5.69 Å². The van der Waals surface area contributed by atoms with Crippen LogP contribution in [0.4, 0.5) is 5.69 Å². The largest absolute Gasteiger partial charge is 0.487 e. The fourth-order valence-corrected chi connectivity index (χ4v) is 3.13. The molecule has 0 spiro atoms. The number of imidazole rings is 1. The van der Waals surface area contributed by atoms with Crippen LogP contribution >= 0.6 is 12.2 Å². The third-order valence-electron chi connectivity index (χ3n) is 4.23. The van der Waals surface area contributed by atoms with Gasteiger partial charge in [0.1, 0.15) is 18.1 Å². The number of amides is 1. The number of hydrogen-bond acceptors (Lipinski definition) is 4. The molecule has 6 nitrogen and oxygen atoms in total. The molecule has 2 heterocycles. The van der Waals surface area contributed by atoms with Crippen molar-refractivity contribution in [3.63, 3.8) is 0 Å². The second kappa shape index (κ2) is 8.53. The van der Waals surface area contributed by atoms with Crippen LogP contribution in [0.15, 0.2) is 85.2 Å². The van der Waals surface area contributed by atoms with Crippen molar-refractivity contribution >= 4 is 23.8 Å². The van der Waals surface area contributed by atoms with E-state index in [0.29, 0.717) is 28.5 Å². The lowest BCUT2D eigenvalue weighted by Gasteiger charge is -2.11. The highest BCUT2D eigenvalue weighted by Gasteiger charge is 2.14. The lowest BCUT2D eigenvalue weighted by molar-refractivity contribution is 0.102. The van der Waals surface area contributed by atoms with Crippen LogP contribution in [-0.4, -0.2) is 20.4 Å². The number of hydrogen-bond donors (Lipinski definition) is 2. The van der Waals surface area contributed by atoms with Crippen LogP contribution in [-0.2, 0) is 6.61 Å². The predicted octanol–water partition coefficient (Wildman–Crippen LogP) is 4.76. The number of ether oxygens (including phenoxy) is 1. The molecule has 144 valence electrons. The molecule has 0 aliphatic carbocycles. The van der Waals surface area contributed by atoms with Crippen LogP contribution in [0, 0.1) is 4.77 Å². The molecule has 0 aliphatic heterocycles. The second-order valence-corrected chi connectivity index (χ2v) is 6.63. The van der Waals surface area contributed by atoms with Crippen LogP contribution < -0.4 is 10.1 Å². The van der Waals surface area contributed by atoms with E-state index in [0.717, 1.165) is 11.4 Å². The van der Waals surface area contributed by atoms with Gasteiger partial charge in [-0.15, -0.1) is 0 Å². The molecular formula is C22H18N4O2S. The maximum Gasteiger partial charge on any atom is 0.274 e. The maximum atomic E-state index is 12.9. The number of anilines is 1. The highest BCUT2D eigenvalue weighted by atomic mass is 32.1. The summed E-state index contributed by atoms with van der Waals surface area (Å²) < 4.78 is 7.93. The number of para-hydroxylation sites is 1. The molecule has 0 atom stereocenters. The minimum Gasteiger partial charge on any atom is -0.487 e. The first-order valence-electron chi connectivity index (χ1n) is 9.01. The van der Waals surface area contributed by atoms with Gasteiger partial charge in [0.2, 0.25) is 0 Å². The van der Waals surface area contributed by atoms with Crippen molar-refractivity contribution < 1.29 is 9.53 Å². The van der Waals surface area contributed by atoms with Gasteiger partial charge in [-0.05, 0) is 48.6 Å². The molecule has 2 aromatic carbocycles. The Kier molecular flexibility index (Phi) is 5.49. The zero-order valence-corrected chi connectivity index (χ0v) is 16.2. The van der Waals surface area contributed by atoms with E-state index in [2.05, 4.69) is 15.3 Å². The van der Waals surface area contributed by atoms with E-state index in [1.165, 1.54) is 0 Å².